The van der Waals surface area contributed by atoms with E-state index in [4.69, 9.17) is 11.1 Å². The van der Waals surface area contributed by atoms with Crippen LogP contribution >= 0.6 is 0 Å². The number of benzene rings is 1. The molecule has 1 aromatic rings. The Bertz CT molecular complexity index is 903. The second-order valence-electron chi connectivity index (χ2n) is 8.13. The molecule has 0 bridgehead atoms. The van der Waals surface area contributed by atoms with E-state index < -0.39 is 30.6 Å². The van der Waals surface area contributed by atoms with Crippen molar-refractivity contribution in [1.29, 1.82) is 5.41 Å². The summed E-state index contributed by atoms with van der Waals surface area (Å²) < 4.78 is 36.4. The monoisotopic (exact) mass is 502 g/mol. The number of nitrogen functional groups attached to an aromatic ring is 1. The van der Waals surface area contributed by atoms with Gasteiger partial charge in [-0.2, -0.15) is 13.2 Å². The summed E-state index contributed by atoms with van der Waals surface area (Å²) >= 11 is 0. The number of rotatable bonds is 12. The van der Waals surface area contributed by atoms with Crippen molar-refractivity contribution in [2.24, 2.45) is 11.7 Å². The summed E-state index contributed by atoms with van der Waals surface area (Å²) in [6.07, 6.45) is -4.46. The van der Waals surface area contributed by atoms with Gasteiger partial charge in [-0.1, -0.05) is 26.0 Å². The number of hydrogen-bond donors (Lipinski definition) is 4. The Morgan fingerprint density at radius 3 is 2.14 bits per heavy atom. The standard InChI is InChI=1S/C22H29F3N4O6/c1-13(2)11-17(30)29-16(12-18(31)34-35-21(33)22(23,24)25)5-3-4-10-28-20(32)15-8-6-14(7-9-15)19(26)27/h6-9,13,16H,3-5,10-12H2,1-2H3,(H3,26,27)(H,28,32)(H,29,30)/t16-/m0/s1. The normalized spacial score (nSPS) is 11.9. The lowest BCUT2D eigenvalue weighted by atomic mass is 10.0. The van der Waals surface area contributed by atoms with Crippen molar-refractivity contribution in [3.63, 3.8) is 0 Å². The molecule has 0 aliphatic rings. The molecule has 0 aliphatic heterocycles. The van der Waals surface area contributed by atoms with E-state index in [2.05, 4.69) is 20.4 Å². The van der Waals surface area contributed by atoms with Gasteiger partial charge in [0.15, 0.2) is 0 Å². The van der Waals surface area contributed by atoms with Crippen LogP contribution in [0.25, 0.3) is 0 Å². The van der Waals surface area contributed by atoms with Crippen LogP contribution in [0.15, 0.2) is 24.3 Å². The van der Waals surface area contributed by atoms with Crippen LogP contribution in [0.2, 0.25) is 0 Å². The van der Waals surface area contributed by atoms with E-state index in [1.54, 1.807) is 12.1 Å². The predicted octanol–water partition coefficient (Wildman–Crippen LogP) is 2.36. The molecule has 0 saturated heterocycles. The zero-order valence-electron chi connectivity index (χ0n) is 19.4. The topological polar surface area (TPSA) is 161 Å². The lowest BCUT2D eigenvalue weighted by Crippen LogP contribution is -2.38. The Labute approximate surface area is 200 Å². The van der Waals surface area contributed by atoms with Gasteiger partial charge in [-0.15, -0.1) is 0 Å². The van der Waals surface area contributed by atoms with Crippen molar-refractivity contribution in [2.45, 2.75) is 58.2 Å². The molecule has 1 rings (SSSR count). The van der Waals surface area contributed by atoms with Gasteiger partial charge in [-0.25, -0.2) is 19.4 Å². The molecule has 0 aliphatic carbocycles. The number of nitrogens with two attached hydrogens (primary N) is 1. The molecule has 194 valence electrons. The number of hydrogen-bond acceptors (Lipinski definition) is 7. The van der Waals surface area contributed by atoms with E-state index in [1.165, 1.54) is 12.1 Å². The van der Waals surface area contributed by atoms with Gasteiger partial charge in [0.2, 0.25) is 5.91 Å². The molecule has 0 radical (unpaired) electrons. The average Bonchev–Trinajstić information content (AvgIpc) is 2.75. The van der Waals surface area contributed by atoms with Crippen LogP contribution in [0.3, 0.4) is 0 Å². The second-order valence-corrected chi connectivity index (χ2v) is 8.13. The molecular formula is C22H29F3N4O6. The summed E-state index contributed by atoms with van der Waals surface area (Å²) in [6.45, 7) is 3.92. The third-order valence-electron chi connectivity index (χ3n) is 4.54. The zero-order chi connectivity index (χ0) is 26.6. The highest BCUT2D eigenvalue weighted by Crippen LogP contribution is 2.17. The smallest absolute Gasteiger partial charge is 0.384 e. The minimum Gasteiger partial charge on any atom is -0.384 e. The fourth-order valence-corrected chi connectivity index (χ4v) is 2.87. The van der Waals surface area contributed by atoms with Crippen LogP contribution in [-0.4, -0.2) is 48.4 Å². The summed E-state index contributed by atoms with van der Waals surface area (Å²) in [6, 6.07) is 5.39. The molecule has 0 spiro atoms. The maximum Gasteiger partial charge on any atom is 0.495 e. The fraction of sp³-hybridized carbons (Fsp3) is 0.500. The van der Waals surface area contributed by atoms with Crippen molar-refractivity contribution in [2.75, 3.05) is 6.54 Å². The summed E-state index contributed by atoms with van der Waals surface area (Å²) in [7, 11) is 0. The van der Waals surface area contributed by atoms with Gasteiger partial charge < -0.3 is 16.4 Å². The first-order chi connectivity index (χ1) is 16.3. The highest BCUT2D eigenvalue weighted by atomic mass is 19.4. The molecule has 35 heavy (non-hydrogen) atoms. The number of amidine groups is 1. The third-order valence-corrected chi connectivity index (χ3v) is 4.54. The summed E-state index contributed by atoms with van der Waals surface area (Å²) in [5.74, 6) is -4.69. The van der Waals surface area contributed by atoms with E-state index in [1.807, 2.05) is 13.8 Å². The third kappa shape index (κ3) is 11.9. The highest BCUT2D eigenvalue weighted by Gasteiger charge is 2.43. The highest BCUT2D eigenvalue weighted by molar-refractivity contribution is 5.98. The maximum atomic E-state index is 12.2. The lowest BCUT2D eigenvalue weighted by Gasteiger charge is -2.18. The van der Waals surface area contributed by atoms with Gasteiger partial charge >= 0.3 is 18.1 Å². The fourth-order valence-electron chi connectivity index (χ4n) is 2.87. The molecule has 13 heteroatoms. The average molecular weight is 502 g/mol. The molecule has 10 nitrogen and oxygen atoms in total. The summed E-state index contributed by atoms with van der Waals surface area (Å²) in [5, 5.41) is 12.7. The number of carbonyl (C=O) groups is 4. The van der Waals surface area contributed by atoms with Crippen LogP contribution < -0.4 is 16.4 Å². The first-order valence-corrected chi connectivity index (χ1v) is 10.8. The number of nitrogens with one attached hydrogen (secondary N) is 3. The van der Waals surface area contributed by atoms with Crippen LogP contribution in [-0.2, 0) is 24.2 Å². The second kappa shape index (κ2) is 13.9. The largest absolute Gasteiger partial charge is 0.495 e. The van der Waals surface area contributed by atoms with Gasteiger partial charge in [0, 0.05) is 30.1 Å². The Morgan fingerprint density at radius 1 is 1.00 bits per heavy atom. The SMILES string of the molecule is CC(C)CC(=O)N[C@@H](CCCCNC(=O)c1ccc(C(=N)N)cc1)CC(=O)OOC(=O)C(F)(F)F. The number of halogens is 3. The Kier molecular flexibility index (Phi) is 11.7. The molecule has 0 unspecified atom stereocenters. The maximum absolute atomic E-state index is 12.2. The van der Waals surface area contributed by atoms with Crippen LogP contribution in [0.4, 0.5) is 13.2 Å². The Morgan fingerprint density at radius 2 is 1.60 bits per heavy atom. The first-order valence-electron chi connectivity index (χ1n) is 10.8. The van der Waals surface area contributed by atoms with Crippen molar-refractivity contribution >= 4 is 29.6 Å². The van der Waals surface area contributed by atoms with Crippen molar-refractivity contribution < 1.29 is 42.1 Å². The van der Waals surface area contributed by atoms with Gasteiger partial charge in [-0.3, -0.25) is 15.0 Å². The van der Waals surface area contributed by atoms with Gasteiger partial charge in [0.05, 0.1) is 6.42 Å². The predicted molar refractivity (Wildman–Crippen MR) is 118 cm³/mol. The molecule has 0 aromatic heterocycles. The zero-order valence-corrected chi connectivity index (χ0v) is 19.4. The van der Waals surface area contributed by atoms with Crippen molar-refractivity contribution in [3.8, 4) is 0 Å². The molecular weight excluding hydrogens is 473 g/mol. The Balaban J connectivity index is 2.52. The van der Waals surface area contributed by atoms with Crippen LogP contribution in [0.5, 0.6) is 0 Å². The van der Waals surface area contributed by atoms with Crippen molar-refractivity contribution in [1.82, 2.24) is 10.6 Å². The number of unbranched alkanes of at least 4 members (excludes halogenated alkanes) is 1. The quantitative estimate of drug-likeness (QED) is 0.112. The van der Waals surface area contributed by atoms with Gasteiger partial charge in [0.25, 0.3) is 5.91 Å². The lowest BCUT2D eigenvalue weighted by molar-refractivity contribution is -0.286. The number of carbonyl (C=O) groups excluding carboxylic acids is 4. The molecule has 1 atom stereocenters. The van der Waals surface area contributed by atoms with Crippen molar-refractivity contribution in [3.05, 3.63) is 35.4 Å². The van der Waals surface area contributed by atoms with E-state index in [-0.39, 0.29) is 43.0 Å². The molecule has 0 saturated carbocycles. The van der Waals surface area contributed by atoms with Crippen LogP contribution in [0, 0.1) is 11.3 Å². The van der Waals surface area contributed by atoms with Gasteiger partial charge in [0.1, 0.15) is 5.84 Å². The Hall–Kier alpha value is -3.64. The molecule has 5 N–H and O–H groups in total. The summed E-state index contributed by atoms with van der Waals surface area (Å²) in [4.78, 5) is 54.1. The van der Waals surface area contributed by atoms with Gasteiger partial charge in [-0.05, 0) is 37.3 Å². The molecule has 1 aromatic carbocycles. The molecule has 0 heterocycles. The number of amides is 2. The first kappa shape index (κ1) is 29.4. The van der Waals surface area contributed by atoms with E-state index >= 15 is 0 Å². The van der Waals surface area contributed by atoms with E-state index in [0.29, 0.717) is 24.0 Å². The molecule has 0 fully saturated rings. The number of alkyl halides is 3. The molecule has 2 amide bonds. The summed E-state index contributed by atoms with van der Waals surface area (Å²) in [5.41, 5.74) is 6.23. The van der Waals surface area contributed by atoms with E-state index in [0.717, 1.165) is 0 Å². The van der Waals surface area contributed by atoms with Crippen LogP contribution in [0.1, 0.15) is 61.9 Å². The van der Waals surface area contributed by atoms with E-state index in [9.17, 15) is 32.3 Å². The minimum absolute atomic E-state index is 0.0371. The minimum atomic E-state index is -5.31.